The number of halogens is 1. The van der Waals surface area contributed by atoms with Gasteiger partial charge in [0.05, 0.1) is 12.9 Å². The van der Waals surface area contributed by atoms with Gasteiger partial charge >= 0.3 is 6.09 Å². The number of alkyl carbamates (subject to hydrolysis) is 1. The number of amides is 1. The first-order valence-corrected chi connectivity index (χ1v) is 8.84. The van der Waals surface area contributed by atoms with Crippen molar-refractivity contribution in [3.05, 3.63) is 62.7 Å². The number of aryl methyl sites for hydroxylation is 1. The van der Waals surface area contributed by atoms with Crippen molar-refractivity contribution in [1.29, 1.82) is 0 Å². The van der Waals surface area contributed by atoms with Gasteiger partial charge in [0.1, 0.15) is 6.33 Å². The van der Waals surface area contributed by atoms with Crippen LogP contribution in [0.15, 0.2) is 46.2 Å². The van der Waals surface area contributed by atoms with Crippen LogP contribution >= 0.6 is 15.9 Å². The first kappa shape index (κ1) is 18.8. The minimum absolute atomic E-state index is 0.296. The van der Waals surface area contributed by atoms with E-state index in [1.165, 1.54) is 17.2 Å². The summed E-state index contributed by atoms with van der Waals surface area (Å²) in [6.45, 7) is 0.0311. The van der Waals surface area contributed by atoms with E-state index in [-0.39, 0.29) is 6.54 Å². The first-order valence-electron chi connectivity index (χ1n) is 8.05. The van der Waals surface area contributed by atoms with Crippen LogP contribution < -0.4 is 10.9 Å². The number of carbonyl (C=O) groups is 1. The number of rotatable bonds is 5. The summed E-state index contributed by atoms with van der Waals surface area (Å²) in [5.41, 5.74) is 1.26. The quantitative estimate of drug-likeness (QED) is 0.488. The summed E-state index contributed by atoms with van der Waals surface area (Å²) >= 11 is 3.36. The Morgan fingerprint density at radius 3 is 2.70 bits per heavy atom. The Labute approximate surface area is 162 Å². The van der Waals surface area contributed by atoms with Crippen LogP contribution in [0.25, 0.3) is 16.6 Å². The highest BCUT2D eigenvalue weighted by molar-refractivity contribution is 9.10. The molecule has 2 aromatic heterocycles. The predicted octanol–water partition coefficient (Wildman–Crippen LogP) is 1.83. The molecule has 140 valence electrons. The molecule has 3 rings (SSSR count). The summed E-state index contributed by atoms with van der Waals surface area (Å²) in [6, 6.07) is 7.71. The van der Waals surface area contributed by atoms with Gasteiger partial charge in [0, 0.05) is 24.0 Å². The maximum atomic E-state index is 12.4. The number of hydrogen-bond acceptors (Lipinski definition) is 5. The van der Waals surface area contributed by atoms with E-state index in [4.69, 9.17) is 4.74 Å². The van der Waals surface area contributed by atoms with Gasteiger partial charge in [0.2, 0.25) is 0 Å². The Morgan fingerprint density at radius 1 is 1.26 bits per heavy atom. The molecule has 0 aliphatic rings. The SMILES string of the molecule is Cn1cnc2ncn(CC(=[N-])OC(=O)NCCc3ccc(Br)cc3)c(=O)c21. The molecule has 0 aliphatic carbocycles. The molecule has 1 aromatic carbocycles. The van der Waals surface area contributed by atoms with Gasteiger partial charge in [-0.3, -0.25) is 9.36 Å². The van der Waals surface area contributed by atoms with E-state index in [0.29, 0.717) is 24.1 Å². The molecule has 1 N–H and O–H groups in total. The minimum Gasteiger partial charge on any atom is -0.773 e. The molecule has 9 nitrogen and oxygen atoms in total. The molecule has 0 spiro atoms. The average molecular weight is 432 g/mol. The summed E-state index contributed by atoms with van der Waals surface area (Å²) in [6.07, 6.45) is 2.53. The van der Waals surface area contributed by atoms with Gasteiger partial charge in [-0.05, 0) is 24.1 Å². The zero-order valence-corrected chi connectivity index (χ0v) is 16.0. The van der Waals surface area contributed by atoms with Gasteiger partial charge < -0.3 is 20.0 Å². The highest BCUT2D eigenvalue weighted by atomic mass is 79.9. The molecule has 1 amide bonds. The maximum absolute atomic E-state index is 12.4. The fourth-order valence-corrected chi connectivity index (χ4v) is 2.73. The third-order valence-corrected chi connectivity index (χ3v) is 4.34. The fourth-order valence-electron chi connectivity index (χ4n) is 2.47. The number of hydrogen-bond donors (Lipinski definition) is 1. The molecule has 0 radical (unpaired) electrons. The lowest BCUT2D eigenvalue weighted by Crippen LogP contribution is -2.32. The Hall–Kier alpha value is -3.01. The van der Waals surface area contributed by atoms with Crippen molar-refractivity contribution < 1.29 is 9.53 Å². The zero-order valence-electron chi connectivity index (χ0n) is 14.4. The maximum Gasteiger partial charge on any atom is 0.410 e. The van der Waals surface area contributed by atoms with E-state index in [9.17, 15) is 15.0 Å². The van der Waals surface area contributed by atoms with Crippen LogP contribution in [0.4, 0.5) is 4.79 Å². The van der Waals surface area contributed by atoms with E-state index < -0.39 is 17.6 Å². The first-order chi connectivity index (χ1) is 12.9. The molecular formula is C17H16BrN6O3-. The number of nitrogens with zero attached hydrogens (tertiary/aromatic N) is 5. The molecule has 0 aliphatic heterocycles. The van der Waals surface area contributed by atoms with Gasteiger partial charge in [-0.1, -0.05) is 28.1 Å². The van der Waals surface area contributed by atoms with E-state index in [0.717, 1.165) is 14.6 Å². The van der Waals surface area contributed by atoms with Gasteiger partial charge in [0.25, 0.3) is 5.56 Å². The number of fused-ring (bicyclic) bond motifs is 1. The molecule has 3 aromatic rings. The molecule has 10 heteroatoms. The van der Waals surface area contributed by atoms with Gasteiger partial charge in [0.15, 0.2) is 11.2 Å². The monoisotopic (exact) mass is 431 g/mol. The fraction of sp³-hybridized carbons (Fsp3) is 0.235. The summed E-state index contributed by atoms with van der Waals surface area (Å²) in [5, 5.41) is 12.4. The number of ether oxygens (including phenoxy) is 1. The Morgan fingerprint density at radius 2 is 1.96 bits per heavy atom. The van der Waals surface area contributed by atoms with Crippen molar-refractivity contribution in [2.24, 2.45) is 7.05 Å². The van der Waals surface area contributed by atoms with E-state index in [1.54, 1.807) is 7.05 Å². The predicted molar refractivity (Wildman–Crippen MR) is 103 cm³/mol. The highest BCUT2D eigenvalue weighted by Gasteiger charge is 2.10. The molecule has 0 saturated heterocycles. The second kappa shape index (κ2) is 8.12. The lowest BCUT2D eigenvalue weighted by atomic mass is 10.1. The molecular weight excluding hydrogens is 416 g/mol. The van der Waals surface area contributed by atoms with Crippen LogP contribution in [0.5, 0.6) is 0 Å². The van der Waals surface area contributed by atoms with E-state index in [2.05, 4.69) is 31.2 Å². The molecule has 0 saturated carbocycles. The summed E-state index contributed by atoms with van der Waals surface area (Å²) in [5.74, 6) is -0.610. The van der Waals surface area contributed by atoms with Crippen LogP contribution in [0.1, 0.15) is 5.56 Å². The minimum atomic E-state index is -0.799. The van der Waals surface area contributed by atoms with Crippen LogP contribution in [-0.4, -0.2) is 37.6 Å². The lowest BCUT2D eigenvalue weighted by Gasteiger charge is -2.15. The lowest BCUT2D eigenvalue weighted by molar-refractivity contribution is 0.196. The number of aromatic nitrogens is 4. The van der Waals surface area contributed by atoms with Crippen molar-refractivity contribution in [3.63, 3.8) is 0 Å². The molecule has 0 bridgehead atoms. The van der Waals surface area contributed by atoms with E-state index >= 15 is 0 Å². The number of benzene rings is 1. The third-order valence-electron chi connectivity index (χ3n) is 3.81. The van der Waals surface area contributed by atoms with E-state index in [1.807, 2.05) is 24.3 Å². The largest absolute Gasteiger partial charge is 0.773 e. The van der Waals surface area contributed by atoms with Gasteiger partial charge in [-0.2, -0.15) is 0 Å². The summed E-state index contributed by atoms with van der Waals surface area (Å²) in [4.78, 5) is 32.1. The normalized spacial score (nSPS) is 10.7. The van der Waals surface area contributed by atoms with Crippen molar-refractivity contribution in [3.8, 4) is 0 Å². The van der Waals surface area contributed by atoms with Gasteiger partial charge in [-0.25, -0.2) is 14.8 Å². The number of imidazole rings is 1. The smallest absolute Gasteiger partial charge is 0.410 e. The number of nitrogens with one attached hydrogen (secondary N) is 1. The molecule has 0 unspecified atom stereocenters. The highest BCUT2D eigenvalue weighted by Crippen LogP contribution is 2.10. The molecule has 0 fully saturated rings. The summed E-state index contributed by atoms with van der Waals surface area (Å²) in [7, 11) is 1.67. The molecule has 0 atom stereocenters. The van der Waals surface area contributed by atoms with Crippen molar-refractivity contribution in [1.82, 2.24) is 24.4 Å². The Kier molecular flexibility index (Phi) is 5.65. The van der Waals surface area contributed by atoms with Crippen molar-refractivity contribution in [2.45, 2.75) is 13.0 Å². The van der Waals surface area contributed by atoms with Crippen LogP contribution in [0.3, 0.4) is 0 Å². The van der Waals surface area contributed by atoms with Gasteiger partial charge in [-0.15, -0.1) is 0 Å². The molecule has 27 heavy (non-hydrogen) atoms. The van der Waals surface area contributed by atoms with Crippen LogP contribution in [0.2, 0.25) is 0 Å². The van der Waals surface area contributed by atoms with Crippen LogP contribution in [-0.2, 0) is 24.8 Å². The third kappa shape index (κ3) is 4.59. The topological polar surface area (TPSA) is 113 Å². The number of carbonyl (C=O) groups excluding carboxylic acids is 1. The van der Waals surface area contributed by atoms with Crippen molar-refractivity contribution in [2.75, 3.05) is 6.54 Å². The average Bonchev–Trinajstić information content (AvgIpc) is 3.01. The Bertz CT molecular complexity index is 1040. The zero-order chi connectivity index (χ0) is 19.4. The Balaban J connectivity index is 1.52. The second-order valence-electron chi connectivity index (χ2n) is 5.79. The molecule has 2 heterocycles. The second-order valence-corrected chi connectivity index (χ2v) is 6.71. The standard InChI is InChI=1S/C17H16BrN6O3/c1-23-9-21-15-14(23)16(25)24(10-22-15)8-13(19)27-17(26)20-7-6-11-2-4-12(18)5-3-11/h2-5,9-10H,6-8H2,1H3,(H,20,26)/q-1. The van der Waals surface area contributed by atoms with Crippen molar-refractivity contribution >= 4 is 39.1 Å². The summed E-state index contributed by atoms with van der Waals surface area (Å²) < 4.78 is 8.44. The van der Waals surface area contributed by atoms with Crippen LogP contribution in [0, 0.1) is 0 Å².